The fourth-order valence-electron chi connectivity index (χ4n) is 3.71. The van der Waals surface area contributed by atoms with Gasteiger partial charge in [0.15, 0.2) is 6.10 Å². The van der Waals surface area contributed by atoms with Crippen LogP contribution in [0.2, 0.25) is 0 Å². The molecule has 2 aliphatic heterocycles. The zero-order valence-corrected chi connectivity index (χ0v) is 18.3. The van der Waals surface area contributed by atoms with Crippen LogP contribution in [0.25, 0.3) is 0 Å². The van der Waals surface area contributed by atoms with Crippen LogP contribution in [-0.4, -0.2) is 50.2 Å². The third-order valence-electron chi connectivity index (χ3n) is 5.49. The highest BCUT2D eigenvalue weighted by Gasteiger charge is 2.33. The number of amides is 3. The van der Waals surface area contributed by atoms with Crippen molar-refractivity contribution in [3.63, 3.8) is 0 Å². The molecule has 0 aliphatic carbocycles. The molecular weight excluding hydrogens is 410 g/mol. The lowest BCUT2D eigenvalue weighted by atomic mass is 9.96. The Balaban J connectivity index is 1.78. The van der Waals surface area contributed by atoms with E-state index in [1.807, 2.05) is 13.8 Å². The summed E-state index contributed by atoms with van der Waals surface area (Å²) in [5.41, 5.74) is 0.781. The molecular formula is C20H27N3O6S. The van der Waals surface area contributed by atoms with Crippen molar-refractivity contribution in [3.8, 4) is 5.75 Å². The SMILES string of the molecule is CC(=O)N1CCC(C(=O)NS(=O)(=O)c2cc3c(cc2C)NC(=O)[C@@H](C(C)C)O3)CC1. The number of sulfonamides is 1. The van der Waals surface area contributed by atoms with Crippen molar-refractivity contribution in [2.45, 2.75) is 51.5 Å². The van der Waals surface area contributed by atoms with Crippen molar-refractivity contribution < 1.29 is 27.5 Å². The predicted octanol–water partition coefficient (Wildman–Crippen LogP) is 1.41. The molecule has 10 heteroatoms. The lowest BCUT2D eigenvalue weighted by molar-refractivity contribution is -0.133. The van der Waals surface area contributed by atoms with Crippen LogP contribution in [0.15, 0.2) is 17.0 Å². The van der Waals surface area contributed by atoms with Crippen LogP contribution in [0, 0.1) is 18.8 Å². The first-order valence-electron chi connectivity index (χ1n) is 9.94. The minimum Gasteiger partial charge on any atom is -0.478 e. The fourth-order valence-corrected chi connectivity index (χ4v) is 5.00. The average Bonchev–Trinajstić information content (AvgIpc) is 2.66. The molecule has 0 bridgehead atoms. The number of ether oxygens (including phenoxy) is 1. The lowest BCUT2D eigenvalue weighted by Crippen LogP contribution is -2.43. The summed E-state index contributed by atoms with van der Waals surface area (Å²) in [6.45, 7) is 7.58. The number of nitrogens with zero attached hydrogens (tertiary/aromatic N) is 1. The van der Waals surface area contributed by atoms with Gasteiger partial charge in [-0.25, -0.2) is 13.1 Å². The summed E-state index contributed by atoms with van der Waals surface area (Å²) >= 11 is 0. The van der Waals surface area contributed by atoms with Gasteiger partial charge in [-0.05, 0) is 37.3 Å². The van der Waals surface area contributed by atoms with Crippen molar-refractivity contribution >= 4 is 33.4 Å². The third-order valence-corrected chi connectivity index (χ3v) is 6.98. The Labute approximate surface area is 176 Å². The maximum Gasteiger partial charge on any atom is 0.265 e. The number of anilines is 1. The molecule has 0 aromatic heterocycles. The highest BCUT2D eigenvalue weighted by molar-refractivity contribution is 7.90. The maximum atomic E-state index is 12.9. The van der Waals surface area contributed by atoms with Gasteiger partial charge in [0.25, 0.3) is 15.9 Å². The van der Waals surface area contributed by atoms with E-state index >= 15 is 0 Å². The van der Waals surface area contributed by atoms with Gasteiger partial charge >= 0.3 is 0 Å². The highest BCUT2D eigenvalue weighted by atomic mass is 32.2. The van der Waals surface area contributed by atoms with Gasteiger partial charge in [-0.2, -0.15) is 0 Å². The number of rotatable bonds is 4. The maximum absolute atomic E-state index is 12.9. The molecule has 164 valence electrons. The van der Waals surface area contributed by atoms with Gasteiger partial charge in [-0.15, -0.1) is 0 Å². The highest BCUT2D eigenvalue weighted by Crippen LogP contribution is 2.35. The van der Waals surface area contributed by atoms with E-state index in [-0.39, 0.29) is 28.4 Å². The molecule has 1 fully saturated rings. The Hall–Kier alpha value is -2.62. The molecule has 1 saturated heterocycles. The molecule has 0 unspecified atom stereocenters. The number of aryl methyl sites for hydroxylation is 1. The number of fused-ring (bicyclic) bond motifs is 1. The smallest absolute Gasteiger partial charge is 0.265 e. The quantitative estimate of drug-likeness (QED) is 0.735. The molecule has 1 aromatic rings. The standard InChI is InChI=1S/C20H27N3O6S/c1-11(2)18-20(26)21-15-9-12(3)17(10-16(15)29-18)30(27,28)22-19(25)14-5-7-23(8-6-14)13(4)24/h9-11,14,18H,5-8H2,1-4H3,(H,21,26)(H,22,25)/t18-/m1/s1. The monoisotopic (exact) mass is 437 g/mol. The molecule has 2 heterocycles. The molecule has 0 radical (unpaired) electrons. The van der Waals surface area contributed by atoms with Gasteiger partial charge in [0.05, 0.1) is 10.6 Å². The Morgan fingerprint density at radius 3 is 2.43 bits per heavy atom. The van der Waals surface area contributed by atoms with E-state index in [4.69, 9.17) is 4.74 Å². The Bertz CT molecular complexity index is 981. The van der Waals surface area contributed by atoms with Gasteiger partial charge in [0, 0.05) is 32.0 Å². The first-order chi connectivity index (χ1) is 14.0. The fraction of sp³-hybridized carbons (Fsp3) is 0.550. The van der Waals surface area contributed by atoms with Crippen molar-refractivity contribution in [3.05, 3.63) is 17.7 Å². The Morgan fingerprint density at radius 2 is 1.87 bits per heavy atom. The zero-order chi connectivity index (χ0) is 22.2. The largest absolute Gasteiger partial charge is 0.478 e. The summed E-state index contributed by atoms with van der Waals surface area (Å²) in [6.07, 6.45) is 0.0989. The lowest BCUT2D eigenvalue weighted by Gasteiger charge is -2.30. The molecule has 2 N–H and O–H groups in total. The summed E-state index contributed by atoms with van der Waals surface area (Å²) in [6, 6.07) is 2.86. The van der Waals surface area contributed by atoms with Crippen molar-refractivity contribution in [2.75, 3.05) is 18.4 Å². The summed E-state index contributed by atoms with van der Waals surface area (Å²) < 4.78 is 33.7. The summed E-state index contributed by atoms with van der Waals surface area (Å²) in [4.78, 5) is 37.7. The molecule has 3 rings (SSSR count). The molecule has 1 atom stereocenters. The van der Waals surface area contributed by atoms with Crippen LogP contribution in [0.5, 0.6) is 5.75 Å². The van der Waals surface area contributed by atoms with E-state index in [1.165, 1.54) is 19.1 Å². The minimum absolute atomic E-state index is 0.0574. The summed E-state index contributed by atoms with van der Waals surface area (Å²) in [5, 5.41) is 2.74. The van der Waals surface area contributed by atoms with E-state index in [9.17, 15) is 22.8 Å². The van der Waals surface area contributed by atoms with E-state index in [0.29, 0.717) is 37.2 Å². The number of hydrogen-bond donors (Lipinski definition) is 2. The molecule has 0 spiro atoms. The van der Waals surface area contributed by atoms with Crippen LogP contribution in [0.4, 0.5) is 5.69 Å². The first kappa shape index (κ1) is 22.1. The van der Waals surface area contributed by atoms with Crippen LogP contribution in [-0.2, 0) is 24.4 Å². The molecule has 9 nitrogen and oxygen atoms in total. The molecule has 30 heavy (non-hydrogen) atoms. The second-order valence-electron chi connectivity index (χ2n) is 8.14. The Morgan fingerprint density at radius 1 is 1.23 bits per heavy atom. The second-order valence-corrected chi connectivity index (χ2v) is 9.79. The molecule has 3 amide bonds. The van der Waals surface area contributed by atoms with E-state index in [0.717, 1.165) is 0 Å². The number of benzene rings is 1. The minimum atomic E-state index is -4.13. The van der Waals surface area contributed by atoms with Crippen molar-refractivity contribution in [1.29, 1.82) is 0 Å². The first-order valence-corrected chi connectivity index (χ1v) is 11.4. The van der Waals surface area contributed by atoms with E-state index in [2.05, 4.69) is 10.0 Å². The van der Waals surface area contributed by atoms with E-state index in [1.54, 1.807) is 11.8 Å². The molecule has 1 aromatic carbocycles. The number of carbonyl (C=O) groups excluding carboxylic acids is 3. The van der Waals surface area contributed by atoms with Gasteiger partial charge < -0.3 is 15.0 Å². The third kappa shape index (κ3) is 4.43. The number of nitrogens with one attached hydrogen (secondary N) is 2. The van der Waals surface area contributed by atoms with Gasteiger partial charge in [-0.3, -0.25) is 14.4 Å². The van der Waals surface area contributed by atoms with Gasteiger partial charge in [0.1, 0.15) is 5.75 Å². The molecule has 0 saturated carbocycles. The Kier molecular flexibility index (Phi) is 6.07. The van der Waals surface area contributed by atoms with Crippen LogP contribution in [0.1, 0.15) is 39.2 Å². The average molecular weight is 438 g/mol. The van der Waals surface area contributed by atoms with E-state index < -0.39 is 28.0 Å². The predicted molar refractivity (Wildman–Crippen MR) is 109 cm³/mol. The van der Waals surface area contributed by atoms with Crippen LogP contribution in [0.3, 0.4) is 0 Å². The zero-order valence-electron chi connectivity index (χ0n) is 17.5. The van der Waals surface area contributed by atoms with Gasteiger partial charge in [-0.1, -0.05) is 13.8 Å². The van der Waals surface area contributed by atoms with Crippen LogP contribution >= 0.6 is 0 Å². The number of carbonyl (C=O) groups is 3. The van der Waals surface area contributed by atoms with Crippen molar-refractivity contribution in [1.82, 2.24) is 9.62 Å². The topological polar surface area (TPSA) is 122 Å². The number of hydrogen-bond acceptors (Lipinski definition) is 6. The summed E-state index contributed by atoms with van der Waals surface area (Å²) in [5.74, 6) is -1.24. The summed E-state index contributed by atoms with van der Waals surface area (Å²) in [7, 11) is -4.13. The molecule has 2 aliphatic rings. The number of likely N-dealkylation sites (tertiary alicyclic amines) is 1. The second kappa shape index (κ2) is 8.25. The number of piperidine rings is 1. The normalized spacial score (nSPS) is 19.7. The van der Waals surface area contributed by atoms with Gasteiger partial charge in [0.2, 0.25) is 11.8 Å². The van der Waals surface area contributed by atoms with Crippen LogP contribution < -0.4 is 14.8 Å². The van der Waals surface area contributed by atoms with Crippen molar-refractivity contribution in [2.24, 2.45) is 11.8 Å².